The van der Waals surface area contributed by atoms with Gasteiger partial charge >= 0.3 is 5.97 Å². The monoisotopic (exact) mass is 474 g/mol. The molecule has 0 saturated heterocycles. The first-order valence-electron chi connectivity index (χ1n) is 10.7. The van der Waals surface area contributed by atoms with Gasteiger partial charge in [0, 0.05) is 12.6 Å². The number of H-pyrrole nitrogens is 1. The van der Waals surface area contributed by atoms with E-state index in [1.165, 1.54) is 18.5 Å². The van der Waals surface area contributed by atoms with Crippen LogP contribution >= 0.6 is 0 Å². The molecule has 0 radical (unpaired) electrons. The van der Waals surface area contributed by atoms with Crippen LogP contribution in [0.2, 0.25) is 0 Å². The lowest BCUT2D eigenvalue weighted by atomic mass is 10.0. The molecule has 0 aliphatic heterocycles. The molecule has 34 heavy (non-hydrogen) atoms. The van der Waals surface area contributed by atoms with Gasteiger partial charge in [-0.25, -0.2) is 9.78 Å². The van der Waals surface area contributed by atoms with Crippen molar-refractivity contribution in [2.45, 2.75) is 44.8 Å². The first-order chi connectivity index (χ1) is 16.1. The molecule has 0 aliphatic carbocycles. The van der Waals surface area contributed by atoms with E-state index in [2.05, 4.69) is 25.9 Å². The standard InChI is InChI=1S/C22H30N6O6/c1-12(2)19(22(33)34)28-18(30)10-25-21(32)17(8-14-9-24-11-26-14)27-20(31)16(23)7-13-3-5-15(29)6-4-13/h3-6,9,11-12,16-17,19,29H,7-8,10,23H2,1-2H3,(H,24,26)(H,25,32)(H,27,31)(H,28,30)(H,33,34)/t16-,17-,19-/m0/s1. The second-order valence-corrected chi connectivity index (χ2v) is 8.15. The van der Waals surface area contributed by atoms with Crippen LogP contribution in [0.5, 0.6) is 5.75 Å². The first kappa shape index (κ1) is 26.3. The minimum atomic E-state index is -1.18. The van der Waals surface area contributed by atoms with Crippen LogP contribution in [-0.2, 0) is 32.0 Å². The minimum absolute atomic E-state index is 0.0400. The molecule has 0 spiro atoms. The third-order valence-electron chi connectivity index (χ3n) is 5.00. The summed E-state index contributed by atoms with van der Waals surface area (Å²) in [6.45, 7) is 2.82. The summed E-state index contributed by atoms with van der Waals surface area (Å²) in [4.78, 5) is 55.6. The van der Waals surface area contributed by atoms with E-state index < -0.39 is 48.4 Å². The van der Waals surface area contributed by atoms with E-state index in [0.717, 1.165) is 5.56 Å². The number of phenols is 1. The Morgan fingerprint density at radius 3 is 2.29 bits per heavy atom. The summed E-state index contributed by atoms with van der Waals surface area (Å²) in [6, 6.07) is 3.09. The molecule has 0 unspecified atom stereocenters. The van der Waals surface area contributed by atoms with Crippen molar-refractivity contribution in [3.63, 3.8) is 0 Å². The molecule has 8 N–H and O–H groups in total. The number of nitrogens with two attached hydrogens (primary N) is 1. The lowest BCUT2D eigenvalue weighted by Gasteiger charge is -2.21. The van der Waals surface area contributed by atoms with E-state index in [4.69, 9.17) is 5.73 Å². The van der Waals surface area contributed by atoms with Gasteiger partial charge in [-0.2, -0.15) is 0 Å². The predicted molar refractivity (Wildman–Crippen MR) is 121 cm³/mol. The molecular formula is C22H30N6O6. The number of aromatic amines is 1. The molecule has 3 atom stereocenters. The van der Waals surface area contributed by atoms with Gasteiger partial charge in [0.25, 0.3) is 0 Å². The first-order valence-corrected chi connectivity index (χ1v) is 10.7. The van der Waals surface area contributed by atoms with E-state index in [1.807, 2.05) is 0 Å². The average Bonchev–Trinajstić information content (AvgIpc) is 3.29. The van der Waals surface area contributed by atoms with E-state index in [9.17, 15) is 29.4 Å². The zero-order valence-electron chi connectivity index (χ0n) is 18.9. The number of aromatic nitrogens is 2. The summed E-state index contributed by atoms with van der Waals surface area (Å²) < 4.78 is 0. The Bertz CT molecular complexity index is 976. The van der Waals surface area contributed by atoms with Crippen LogP contribution in [0.25, 0.3) is 0 Å². The largest absolute Gasteiger partial charge is 0.508 e. The van der Waals surface area contributed by atoms with Gasteiger partial charge < -0.3 is 36.9 Å². The quantitative estimate of drug-likeness (QED) is 0.204. The number of hydrogen-bond donors (Lipinski definition) is 7. The lowest BCUT2D eigenvalue weighted by molar-refractivity contribution is -0.143. The third kappa shape index (κ3) is 8.20. The molecule has 1 heterocycles. The number of aliphatic carboxylic acids is 1. The smallest absolute Gasteiger partial charge is 0.326 e. The maximum absolute atomic E-state index is 12.8. The van der Waals surface area contributed by atoms with Crippen LogP contribution in [-0.4, -0.2) is 68.5 Å². The van der Waals surface area contributed by atoms with Crippen LogP contribution in [0, 0.1) is 5.92 Å². The SMILES string of the molecule is CC(C)[C@H](NC(=O)CNC(=O)[C@H](Cc1c[nH]cn1)NC(=O)[C@@H](N)Cc1ccc(O)cc1)C(=O)O. The fourth-order valence-corrected chi connectivity index (χ4v) is 3.11. The van der Waals surface area contributed by atoms with Crippen molar-refractivity contribution < 1.29 is 29.4 Å². The summed E-state index contributed by atoms with van der Waals surface area (Å²) in [7, 11) is 0. The Morgan fingerprint density at radius 2 is 1.74 bits per heavy atom. The molecule has 2 aromatic rings. The normalized spacial score (nSPS) is 13.5. The number of rotatable bonds is 12. The van der Waals surface area contributed by atoms with Crippen LogP contribution < -0.4 is 21.7 Å². The second-order valence-electron chi connectivity index (χ2n) is 8.15. The minimum Gasteiger partial charge on any atom is -0.508 e. The molecule has 0 fully saturated rings. The number of nitrogens with zero attached hydrogens (tertiary/aromatic N) is 1. The van der Waals surface area contributed by atoms with Crippen molar-refractivity contribution in [2.24, 2.45) is 11.7 Å². The Kier molecular flexibility index (Phi) is 9.56. The number of imidazole rings is 1. The Hall–Kier alpha value is -3.93. The van der Waals surface area contributed by atoms with Crippen LogP contribution in [0.4, 0.5) is 0 Å². The van der Waals surface area contributed by atoms with Crippen molar-refractivity contribution in [1.82, 2.24) is 25.9 Å². The molecule has 3 amide bonds. The molecular weight excluding hydrogens is 444 g/mol. The van der Waals surface area contributed by atoms with Crippen molar-refractivity contribution >= 4 is 23.7 Å². The fraction of sp³-hybridized carbons (Fsp3) is 0.409. The van der Waals surface area contributed by atoms with Crippen LogP contribution in [0.3, 0.4) is 0 Å². The number of nitrogens with one attached hydrogen (secondary N) is 4. The van der Waals surface area contributed by atoms with Gasteiger partial charge in [0.1, 0.15) is 17.8 Å². The number of carboxylic acids is 1. The third-order valence-corrected chi connectivity index (χ3v) is 5.00. The molecule has 12 heteroatoms. The molecule has 184 valence electrons. The summed E-state index contributed by atoms with van der Waals surface area (Å²) >= 11 is 0. The Morgan fingerprint density at radius 1 is 1.06 bits per heavy atom. The van der Waals surface area contributed by atoms with Crippen molar-refractivity contribution in [2.75, 3.05) is 6.54 Å². The van der Waals surface area contributed by atoms with Gasteiger partial charge in [-0.05, 0) is 30.0 Å². The molecule has 2 rings (SSSR count). The number of amides is 3. The number of carbonyl (C=O) groups is 4. The zero-order chi connectivity index (χ0) is 25.3. The molecule has 0 aliphatic rings. The Balaban J connectivity index is 1.99. The summed E-state index contributed by atoms with van der Waals surface area (Å²) in [5, 5.41) is 25.9. The highest BCUT2D eigenvalue weighted by Gasteiger charge is 2.27. The predicted octanol–water partition coefficient (Wildman–Crippen LogP) is -0.946. The maximum atomic E-state index is 12.8. The van der Waals surface area contributed by atoms with Crippen molar-refractivity contribution in [3.8, 4) is 5.75 Å². The molecule has 0 bridgehead atoms. The molecule has 1 aromatic carbocycles. The number of hydrogen-bond acceptors (Lipinski definition) is 7. The molecule has 12 nitrogen and oxygen atoms in total. The molecule has 0 saturated carbocycles. The fourth-order valence-electron chi connectivity index (χ4n) is 3.11. The van der Waals surface area contributed by atoms with Crippen LogP contribution in [0.15, 0.2) is 36.8 Å². The highest BCUT2D eigenvalue weighted by molar-refractivity contribution is 5.92. The average molecular weight is 475 g/mol. The summed E-state index contributed by atoms with van der Waals surface area (Å²) in [6.07, 6.45) is 3.21. The van der Waals surface area contributed by atoms with Gasteiger partial charge in [-0.15, -0.1) is 0 Å². The zero-order valence-corrected chi connectivity index (χ0v) is 18.9. The summed E-state index contributed by atoms with van der Waals surface area (Å²) in [5.74, 6) is -3.36. The number of aromatic hydroxyl groups is 1. The van der Waals surface area contributed by atoms with E-state index in [1.54, 1.807) is 32.2 Å². The van der Waals surface area contributed by atoms with Gasteiger partial charge in [-0.3, -0.25) is 14.4 Å². The van der Waals surface area contributed by atoms with Gasteiger partial charge in [0.15, 0.2) is 0 Å². The maximum Gasteiger partial charge on any atom is 0.326 e. The van der Waals surface area contributed by atoms with E-state index in [-0.39, 0.29) is 24.5 Å². The van der Waals surface area contributed by atoms with E-state index in [0.29, 0.717) is 5.69 Å². The van der Waals surface area contributed by atoms with Crippen LogP contribution in [0.1, 0.15) is 25.1 Å². The van der Waals surface area contributed by atoms with Gasteiger partial charge in [-0.1, -0.05) is 26.0 Å². The number of carboxylic acid groups (broad SMARTS) is 1. The second kappa shape index (κ2) is 12.3. The van der Waals surface area contributed by atoms with Gasteiger partial charge in [0.2, 0.25) is 17.7 Å². The topological polar surface area (TPSA) is 200 Å². The highest BCUT2D eigenvalue weighted by atomic mass is 16.4. The van der Waals surface area contributed by atoms with Crippen molar-refractivity contribution in [1.29, 1.82) is 0 Å². The lowest BCUT2D eigenvalue weighted by Crippen LogP contribution is -2.55. The number of carbonyl (C=O) groups excluding carboxylic acids is 3. The summed E-state index contributed by atoms with van der Waals surface area (Å²) in [5.41, 5.74) is 7.22. The number of phenolic OH excluding ortho intramolecular Hbond substituents is 1. The Labute approximate surface area is 196 Å². The number of benzene rings is 1. The highest BCUT2D eigenvalue weighted by Crippen LogP contribution is 2.11. The van der Waals surface area contributed by atoms with Crippen molar-refractivity contribution in [3.05, 3.63) is 48.0 Å². The van der Waals surface area contributed by atoms with E-state index >= 15 is 0 Å². The van der Waals surface area contributed by atoms with Gasteiger partial charge in [0.05, 0.1) is 24.6 Å². The molecule has 1 aromatic heterocycles.